The maximum absolute atomic E-state index is 12.4. The average Bonchev–Trinajstić information content (AvgIpc) is 3.33. The number of nitrogens with zero attached hydrogens (tertiary/aromatic N) is 2. The van der Waals surface area contributed by atoms with Gasteiger partial charge in [0.1, 0.15) is 17.9 Å². The smallest absolute Gasteiger partial charge is 0.341 e. The number of likely N-dealkylation sites (tertiary alicyclic amines) is 1. The summed E-state index contributed by atoms with van der Waals surface area (Å²) in [5.74, 6) is 0.114. The van der Waals surface area contributed by atoms with Crippen LogP contribution in [-0.4, -0.2) is 49.2 Å². The Kier molecular flexibility index (Phi) is 6.85. The number of aromatic nitrogens is 1. The number of benzene rings is 2. The summed E-state index contributed by atoms with van der Waals surface area (Å²) in [5, 5.41) is 0.700. The lowest BCUT2D eigenvalue weighted by Crippen LogP contribution is -2.25. The average molecular weight is 437 g/mol. The molecule has 0 atom stereocenters. The molecule has 31 heavy (non-hydrogen) atoms. The third kappa shape index (κ3) is 5.24. The first kappa shape index (κ1) is 21.3. The molecule has 2 aromatic carbocycles. The summed E-state index contributed by atoms with van der Waals surface area (Å²) in [6.45, 7) is 3.63. The summed E-state index contributed by atoms with van der Waals surface area (Å²) in [5.41, 5.74) is 4.04. The van der Waals surface area contributed by atoms with Crippen LogP contribution in [0.1, 0.15) is 23.2 Å². The zero-order valence-electron chi connectivity index (χ0n) is 17.5. The second-order valence-electron chi connectivity index (χ2n) is 7.54. The zero-order chi connectivity index (χ0) is 21.6. The number of esters is 1. The summed E-state index contributed by atoms with van der Waals surface area (Å²) in [6, 6.07) is 17.1. The molecular weight excluding hydrogens is 412 g/mol. The number of halogens is 1. The lowest BCUT2D eigenvalue weighted by Gasteiger charge is -2.16. The Labute approximate surface area is 187 Å². The molecule has 1 aliphatic heterocycles. The van der Waals surface area contributed by atoms with Crippen molar-refractivity contribution in [2.24, 2.45) is 0 Å². The molecule has 0 saturated carbocycles. The monoisotopic (exact) mass is 436 g/mol. The minimum Gasteiger partial charge on any atom is -0.491 e. The third-order valence-corrected chi connectivity index (χ3v) is 5.74. The molecule has 0 amide bonds. The lowest BCUT2D eigenvalue weighted by atomic mass is 10.0. The highest BCUT2D eigenvalue weighted by atomic mass is 35.5. The fraction of sp³-hybridized carbons (Fsp3) is 0.280. The highest BCUT2D eigenvalue weighted by Gasteiger charge is 2.17. The van der Waals surface area contributed by atoms with E-state index >= 15 is 0 Å². The van der Waals surface area contributed by atoms with E-state index in [-0.39, 0.29) is 0 Å². The fourth-order valence-corrected chi connectivity index (χ4v) is 3.88. The first-order chi connectivity index (χ1) is 15.1. The normalized spacial score (nSPS) is 13.9. The predicted molar refractivity (Wildman–Crippen MR) is 123 cm³/mol. The number of hydrogen-bond donors (Lipinski definition) is 0. The number of rotatable bonds is 7. The molecule has 4 rings (SSSR count). The molecule has 0 bridgehead atoms. The summed E-state index contributed by atoms with van der Waals surface area (Å²) in [4.78, 5) is 19.3. The van der Waals surface area contributed by atoms with Crippen LogP contribution in [0.15, 0.2) is 60.8 Å². The number of hydrogen-bond acceptors (Lipinski definition) is 5. The number of methoxy groups -OCH3 is 1. The Hall–Kier alpha value is -2.89. The van der Waals surface area contributed by atoms with Gasteiger partial charge in [-0.25, -0.2) is 4.79 Å². The lowest BCUT2D eigenvalue weighted by molar-refractivity contribution is 0.0595. The van der Waals surface area contributed by atoms with Crippen LogP contribution in [0.2, 0.25) is 5.02 Å². The largest absolute Gasteiger partial charge is 0.491 e. The number of carbonyl (C=O) groups excluding carboxylic acids is 1. The van der Waals surface area contributed by atoms with E-state index in [0.29, 0.717) is 22.9 Å². The van der Waals surface area contributed by atoms with Gasteiger partial charge in [-0.05, 0) is 67.9 Å². The molecule has 1 aromatic heterocycles. The molecule has 2 heterocycles. The Morgan fingerprint density at radius 1 is 1.00 bits per heavy atom. The SMILES string of the molecule is COC(=O)c1cc(-c2ccc(-c3ccc(Cl)cc3)cn2)ccc1OCCN1CCCC1. The van der Waals surface area contributed by atoms with Crippen LogP contribution in [0.25, 0.3) is 22.4 Å². The molecule has 160 valence electrons. The molecule has 0 spiro atoms. The Morgan fingerprint density at radius 2 is 1.71 bits per heavy atom. The van der Waals surface area contributed by atoms with E-state index in [1.807, 2.05) is 54.7 Å². The summed E-state index contributed by atoms with van der Waals surface area (Å²) >= 11 is 5.97. The van der Waals surface area contributed by atoms with E-state index in [1.165, 1.54) is 20.0 Å². The molecule has 5 nitrogen and oxygen atoms in total. The van der Waals surface area contributed by atoms with Crippen LogP contribution < -0.4 is 4.74 Å². The standard InChI is InChI=1S/C25H25ClN2O3/c1-30-25(29)22-16-19(7-11-24(22)31-15-14-28-12-2-3-13-28)23-10-6-20(17-27-23)18-4-8-21(26)9-5-18/h4-11,16-17H,2-3,12-15H2,1H3. The van der Waals surface area contributed by atoms with E-state index in [1.54, 1.807) is 6.07 Å². The van der Waals surface area contributed by atoms with Crippen molar-refractivity contribution >= 4 is 17.6 Å². The van der Waals surface area contributed by atoms with Gasteiger partial charge in [-0.15, -0.1) is 0 Å². The van der Waals surface area contributed by atoms with Crippen molar-refractivity contribution < 1.29 is 14.3 Å². The van der Waals surface area contributed by atoms with Crippen molar-refractivity contribution in [1.82, 2.24) is 9.88 Å². The van der Waals surface area contributed by atoms with E-state index in [4.69, 9.17) is 21.1 Å². The van der Waals surface area contributed by atoms with Gasteiger partial charge in [0.2, 0.25) is 0 Å². The Bertz CT molecular complexity index is 1030. The van der Waals surface area contributed by atoms with Crippen molar-refractivity contribution in [3.05, 3.63) is 71.4 Å². The molecule has 1 aliphatic rings. The fourth-order valence-electron chi connectivity index (χ4n) is 3.75. The highest BCUT2D eigenvalue weighted by molar-refractivity contribution is 6.30. The summed E-state index contributed by atoms with van der Waals surface area (Å²) in [6.07, 6.45) is 4.30. The molecule has 1 fully saturated rings. The van der Waals surface area contributed by atoms with Crippen LogP contribution in [0, 0.1) is 0 Å². The summed E-state index contributed by atoms with van der Waals surface area (Å²) < 4.78 is 10.9. The second kappa shape index (κ2) is 9.94. The maximum Gasteiger partial charge on any atom is 0.341 e. The van der Waals surface area contributed by atoms with Gasteiger partial charge in [0, 0.05) is 28.9 Å². The van der Waals surface area contributed by atoms with Crippen molar-refractivity contribution in [2.45, 2.75) is 12.8 Å². The number of carbonyl (C=O) groups is 1. The second-order valence-corrected chi connectivity index (χ2v) is 7.98. The van der Waals surface area contributed by atoms with Crippen LogP contribution in [0.3, 0.4) is 0 Å². The van der Waals surface area contributed by atoms with Gasteiger partial charge in [-0.3, -0.25) is 9.88 Å². The van der Waals surface area contributed by atoms with Crippen molar-refractivity contribution in [3.63, 3.8) is 0 Å². The predicted octanol–water partition coefficient (Wildman–Crippen LogP) is 5.33. The zero-order valence-corrected chi connectivity index (χ0v) is 18.3. The molecule has 0 N–H and O–H groups in total. The quantitative estimate of drug-likeness (QED) is 0.468. The first-order valence-corrected chi connectivity index (χ1v) is 10.8. The molecule has 0 unspecified atom stereocenters. The van der Waals surface area contributed by atoms with E-state index in [2.05, 4.69) is 9.88 Å². The Morgan fingerprint density at radius 3 is 2.39 bits per heavy atom. The van der Waals surface area contributed by atoms with Gasteiger partial charge in [0.05, 0.1) is 12.8 Å². The Balaban J connectivity index is 1.52. The maximum atomic E-state index is 12.4. The van der Waals surface area contributed by atoms with Gasteiger partial charge in [-0.1, -0.05) is 29.8 Å². The van der Waals surface area contributed by atoms with Gasteiger partial charge < -0.3 is 9.47 Å². The topological polar surface area (TPSA) is 51.7 Å². The first-order valence-electron chi connectivity index (χ1n) is 10.4. The molecule has 3 aromatic rings. The van der Waals surface area contributed by atoms with Gasteiger partial charge in [-0.2, -0.15) is 0 Å². The van der Waals surface area contributed by atoms with Crippen LogP contribution in [0.4, 0.5) is 0 Å². The van der Waals surface area contributed by atoms with Crippen LogP contribution in [0.5, 0.6) is 5.75 Å². The molecule has 6 heteroatoms. The van der Waals surface area contributed by atoms with E-state index in [0.717, 1.165) is 42.0 Å². The van der Waals surface area contributed by atoms with E-state index < -0.39 is 5.97 Å². The summed E-state index contributed by atoms with van der Waals surface area (Å²) in [7, 11) is 1.38. The molecule has 0 aliphatic carbocycles. The van der Waals surface area contributed by atoms with Crippen molar-refractivity contribution in [2.75, 3.05) is 33.4 Å². The minimum absolute atomic E-state index is 0.407. The van der Waals surface area contributed by atoms with Crippen molar-refractivity contribution in [3.8, 4) is 28.1 Å². The molecule has 1 saturated heterocycles. The van der Waals surface area contributed by atoms with Crippen molar-refractivity contribution in [1.29, 1.82) is 0 Å². The number of pyridine rings is 1. The highest BCUT2D eigenvalue weighted by Crippen LogP contribution is 2.28. The minimum atomic E-state index is -0.421. The van der Waals surface area contributed by atoms with E-state index in [9.17, 15) is 4.79 Å². The third-order valence-electron chi connectivity index (χ3n) is 5.49. The van der Waals surface area contributed by atoms with Gasteiger partial charge in [0.15, 0.2) is 0 Å². The molecule has 0 radical (unpaired) electrons. The van der Waals surface area contributed by atoms with Gasteiger partial charge in [0.25, 0.3) is 0 Å². The molecular formula is C25H25ClN2O3. The van der Waals surface area contributed by atoms with Gasteiger partial charge >= 0.3 is 5.97 Å². The van der Waals surface area contributed by atoms with Crippen LogP contribution >= 0.6 is 11.6 Å². The number of ether oxygens (including phenoxy) is 2. The van der Waals surface area contributed by atoms with Crippen LogP contribution in [-0.2, 0) is 4.74 Å².